The highest BCUT2D eigenvalue weighted by atomic mass is 16.5. The molecule has 0 aromatic rings. The first-order valence-electron chi connectivity index (χ1n) is 8.38. The first-order chi connectivity index (χ1) is 10.2. The Morgan fingerprint density at radius 2 is 1.86 bits per heavy atom. The zero-order valence-corrected chi connectivity index (χ0v) is 14.4. The van der Waals surface area contributed by atoms with E-state index < -0.39 is 0 Å². The lowest BCUT2D eigenvalue weighted by Gasteiger charge is -2.29. The van der Waals surface area contributed by atoms with Crippen LogP contribution in [0.5, 0.6) is 0 Å². The fourth-order valence-corrected chi connectivity index (χ4v) is 2.26. The standard InChI is InChI=1S/C16H35N3O2/c1-5-16(6-2,10-12-20)14-19-15(17-7-3)18-11-9-13-21-8-4/h20H,5-14H2,1-4H3,(H2,17,18,19). The quantitative estimate of drug-likeness (QED) is 0.294. The third kappa shape index (κ3) is 8.94. The summed E-state index contributed by atoms with van der Waals surface area (Å²) in [6, 6.07) is 0. The summed E-state index contributed by atoms with van der Waals surface area (Å²) >= 11 is 0. The van der Waals surface area contributed by atoms with Crippen LogP contribution in [0.15, 0.2) is 4.99 Å². The molecule has 126 valence electrons. The normalized spacial score (nSPS) is 12.5. The predicted molar refractivity (Wildman–Crippen MR) is 89.8 cm³/mol. The Labute approximate surface area is 130 Å². The van der Waals surface area contributed by atoms with Crippen molar-refractivity contribution in [3.05, 3.63) is 0 Å². The van der Waals surface area contributed by atoms with E-state index in [9.17, 15) is 5.11 Å². The van der Waals surface area contributed by atoms with Crippen molar-refractivity contribution in [3.8, 4) is 0 Å². The molecule has 5 heteroatoms. The molecule has 3 N–H and O–H groups in total. The van der Waals surface area contributed by atoms with Gasteiger partial charge in [-0.15, -0.1) is 0 Å². The average Bonchev–Trinajstić information content (AvgIpc) is 2.51. The Morgan fingerprint density at radius 1 is 1.14 bits per heavy atom. The zero-order chi connectivity index (χ0) is 16.0. The van der Waals surface area contributed by atoms with Crippen molar-refractivity contribution in [1.82, 2.24) is 10.6 Å². The average molecular weight is 301 g/mol. The highest BCUT2D eigenvalue weighted by Gasteiger charge is 2.25. The number of guanidine groups is 1. The molecule has 0 amide bonds. The van der Waals surface area contributed by atoms with Crippen molar-refractivity contribution in [3.63, 3.8) is 0 Å². The fourth-order valence-electron chi connectivity index (χ4n) is 2.26. The largest absolute Gasteiger partial charge is 0.396 e. The number of nitrogens with one attached hydrogen (secondary N) is 2. The van der Waals surface area contributed by atoms with Gasteiger partial charge in [0.15, 0.2) is 5.96 Å². The topological polar surface area (TPSA) is 65.9 Å². The first kappa shape index (κ1) is 20.2. The molecule has 5 nitrogen and oxygen atoms in total. The molecule has 21 heavy (non-hydrogen) atoms. The van der Waals surface area contributed by atoms with Gasteiger partial charge in [-0.05, 0) is 44.9 Å². The van der Waals surface area contributed by atoms with E-state index in [0.717, 1.165) is 64.5 Å². The Kier molecular flexibility index (Phi) is 12.4. The van der Waals surface area contributed by atoms with Gasteiger partial charge in [0.2, 0.25) is 0 Å². The second kappa shape index (κ2) is 12.9. The molecular weight excluding hydrogens is 266 g/mol. The van der Waals surface area contributed by atoms with Gasteiger partial charge < -0.3 is 20.5 Å². The van der Waals surface area contributed by atoms with Gasteiger partial charge in [0.25, 0.3) is 0 Å². The smallest absolute Gasteiger partial charge is 0.191 e. The zero-order valence-electron chi connectivity index (χ0n) is 14.4. The van der Waals surface area contributed by atoms with E-state index in [1.165, 1.54) is 0 Å². The van der Waals surface area contributed by atoms with Gasteiger partial charge in [0.05, 0.1) is 0 Å². The first-order valence-corrected chi connectivity index (χ1v) is 8.38. The van der Waals surface area contributed by atoms with Crippen molar-refractivity contribution in [2.45, 2.75) is 53.4 Å². The van der Waals surface area contributed by atoms with Crippen LogP contribution in [0.4, 0.5) is 0 Å². The highest BCUT2D eigenvalue weighted by molar-refractivity contribution is 5.79. The maximum absolute atomic E-state index is 9.26. The van der Waals surface area contributed by atoms with E-state index in [-0.39, 0.29) is 12.0 Å². The Balaban J connectivity index is 4.40. The number of ether oxygens (including phenoxy) is 1. The molecular formula is C16H35N3O2. The summed E-state index contributed by atoms with van der Waals surface area (Å²) < 4.78 is 5.33. The summed E-state index contributed by atoms with van der Waals surface area (Å²) in [4.78, 5) is 4.71. The second-order valence-corrected chi connectivity index (χ2v) is 5.35. The predicted octanol–water partition coefficient (Wildman–Crippen LogP) is 2.16. The van der Waals surface area contributed by atoms with Crippen LogP contribution in [0.3, 0.4) is 0 Å². The third-order valence-corrected chi connectivity index (χ3v) is 4.02. The van der Waals surface area contributed by atoms with Gasteiger partial charge in [-0.1, -0.05) is 13.8 Å². The molecule has 0 atom stereocenters. The molecule has 0 spiro atoms. The van der Waals surface area contributed by atoms with Gasteiger partial charge in [-0.3, -0.25) is 4.99 Å². The fraction of sp³-hybridized carbons (Fsp3) is 0.938. The lowest BCUT2D eigenvalue weighted by molar-refractivity contribution is 0.145. The van der Waals surface area contributed by atoms with Crippen molar-refractivity contribution in [2.24, 2.45) is 10.4 Å². The van der Waals surface area contributed by atoms with E-state index in [4.69, 9.17) is 9.73 Å². The molecule has 0 aliphatic rings. The van der Waals surface area contributed by atoms with Gasteiger partial charge in [-0.25, -0.2) is 0 Å². The Morgan fingerprint density at radius 3 is 2.38 bits per heavy atom. The monoisotopic (exact) mass is 301 g/mol. The maximum atomic E-state index is 9.26. The minimum atomic E-state index is 0.114. The molecule has 0 saturated carbocycles. The molecule has 0 heterocycles. The minimum Gasteiger partial charge on any atom is -0.396 e. The molecule has 0 saturated heterocycles. The second-order valence-electron chi connectivity index (χ2n) is 5.35. The summed E-state index contributed by atoms with van der Waals surface area (Å²) in [6.07, 6.45) is 3.86. The maximum Gasteiger partial charge on any atom is 0.191 e. The third-order valence-electron chi connectivity index (χ3n) is 4.02. The van der Waals surface area contributed by atoms with Gasteiger partial charge in [0, 0.05) is 39.5 Å². The van der Waals surface area contributed by atoms with Crippen molar-refractivity contribution >= 4 is 5.96 Å². The Hall–Kier alpha value is -0.810. The number of hydrogen-bond acceptors (Lipinski definition) is 3. The van der Waals surface area contributed by atoms with Crippen LogP contribution in [-0.4, -0.2) is 50.5 Å². The van der Waals surface area contributed by atoms with E-state index >= 15 is 0 Å². The number of aliphatic hydroxyl groups excluding tert-OH is 1. The molecule has 0 aliphatic carbocycles. The summed E-state index contributed by atoms with van der Waals surface area (Å²) in [7, 11) is 0. The summed E-state index contributed by atoms with van der Waals surface area (Å²) in [5.74, 6) is 0.859. The van der Waals surface area contributed by atoms with Crippen LogP contribution in [0.25, 0.3) is 0 Å². The van der Waals surface area contributed by atoms with Crippen molar-refractivity contribution in [1.29, 1.82) is 0 Å². The van der Waals surface area contributed by atoms with Gasteiger partial charge in [0.1, 0.15) is 0 Å². The van der Waals surface area contributed by atoms with E-state index in [1.807, 2.05) is 6.92 Å². The van der Waals surface area contributed by atoms with Crippen LogP contribution >= 0.6 is 0 Å². The number of rotatable bonds is 12. The number of aliphatic hydroxyl groups is 1. The van der Waals surface area contributed by atoms with Crippen LogP contribution < -0.4 is 10.6 Å². The molecule has 0 bridgehead atoms. The van der Waals surface area contributed by atoms with Crippen LogP contribution in [0.1, 0.15) is 53.4 Å². The number of nitrogens with zero attached hydrogens (tertiary/aromatic N) is 1. The van der Waals surface area contributed by atoms with Crippen LogP contribution in [-0.2, 0) is 4.74 Å². The highest BCUT2D eigenvalue weighted by Crippen LogP contribution is 2.30. The molecule has 0 radical (unpaired) electrons. The minimum absolute atomic E-state index is 0.114. The molecule has 0 aromatic heterocycles. The van der Waals surface area contributed by atoms with Gasteiger partial charge in [-0.2, -0.15) is 0 Å². The molecule has 0 aromatic carbocycles. The molecule has 0 fully saturated rings. The van der Waals surface area contributed by atoms with Crippen LogP contribution in [0.2, 0.25) is 0 Å². The number of hydrogen-bond donors (Lipinski definition) is 3. The van der Waals surface area contributed by atoms with Crippen molar-refractivity contribution in [2.75, 3.05) is 39.5 Å². The van der Waals surface area contributed by atoms with Crippen molar-refractivity contribution < 1.29 is 9.84 Å². The summed E-state index contributed by atoms with van der Waals surface area (Å²) in [5, 5.41) is 15.9. The molecule has 0 unspecified atom stereocenters. The van der Waals surface area contributed by atoms with Crippen LogP contribution in [0, 0.1) is 5.41 Å². The molecule has 0 aliphatic heterocycles. The SMILES string of the molecule is CCNC(=NCC(CC)(CC)CCO)NCCCOCC. The summed E-state index contributed by atoms with van der Waals surface area (Å²) in [5.41, 5.74) is 0.114. The molecule has 0 rings (SSSR count). The van der Waals surface area contributed by atoms with E-state index in [0.29, 0.717) is 0 Å². The van der Waals surface area contributed by atoms with E-state index in [1.54, 1.807) is 0 Å². The summed E-state index contributed by atoms with van der Waals surface area (Å²) in [6.45, 7) is 12.7. The van der Waals surface area contributed by atoms with Gasteiger partial charge >= 0.3 is 0 Å². The Bertz CT molecular complexity index is 266. The number of aliphatic imine (C=N–C) groups is 1. The van der Waals surface area contributed by atoms with E-state index in [2.05, 4.69) is 31.4 Å². The lowest BCUT2D eigenvalue weighted by Crippen LogP contribution is -2.39. The lowest BCUT2D eigenvalue weighted by atomic mass is 9.79.